The molecule has 1 aromatic carbocycles. The predicted octanol–water partition coefficient (Wildman–Crippen LogP) is 5.95. The second-order valence-corrected chi connectivity index (χ2v) is 3.99. The van der Waals surface area contributed by atoms with Crippen LogP contribution in [0.1, 0.15) is 58.6 Å². The van der Waals surface area contributed by atoms with Gasteiger partial charge in [0.15, 0.2) is 0 Å². The highest BCUT2D eigenvalue weighted by Gasteiger charge is 1.89. The minimum atomic E-state index is 1.15. The number of hydrogen-bond acceptors (Lipinski definition) is 0. The fourth-order valence-corrected chi connectivity index (χ4v) is 1.43. The molecule has 0 heterocycles. The van der Waals surface area contributed by atoms with E-state index in [2.05, 4.69) is 58.5 Å². The molecule has 0 aromatic heterocycles. The first-order valence-electron chi connectivity index (χ1n) is 6.80. The van der Waals surface area contributed by atoms with Crippen molar-refractivity contribution in [1.82, 2.24) is 0 Å². The quantitative estimate of drug-likeness (QED) is 0.567. The highest BCUT2D eigenvalue weighted by atomic mass is 13.9. The first-order chi connectivity index (χ1) is 8.11. The van der Waals surface area contributed by atoms with Crippen molar-refractivity contribution in [3.63, 3.8) is 0 Å². The van der Waals surface area contributed by atoms with E-state index in [0.29, 0.717) is 0 Å². The summed E-state index contributed by atoms with van der Waals surface area (Å²) in [6.45, 7) is 16.3. The summed E-state index contributed by atoms with van der Waals surface area (Å²) in [6.07, 6.45) is 3.56. The second kappa shape index (κ2) is 13.0. The van der Waals surface area contributed by atoms with Crippen molar-refractivity contribution in [1.29, 1.82) is 0 Å². The molecule has 0 saturated heterocycles. The second-order valence-electron chi connectivity index (χ2n) is 3.99. The van der Waals surface area contributed by atoms with E-state index in [4.69, 9.17) is 0 Å². The molecule has 17 heavy (non-hydrogen) atoms. The molecule has 0 bridgehead atoms. The summed E-state index contributed by atoms with van der Waals surface area (Å²) in [7, 11) is 0. The summed E-state index contributed by atoms with van der Waals surface area (Å²) in [6, 6.07) is 8.49. The maximum Gasteiger partial charge on any atom is -0.0305 e. The van der Waals surface area contributed by atoms with Gasteiger partial charge >= 0.3 is 0 Å². The molecule has 0 nitrogen and oxygen atoms in total. The van der Waals surface area contributed by atoms with Gasteiger partial charge in [0.25, 0.3) is 0 Å². The SMILES string of the molecule is C=C(C)CCC.CC.CCc1ccccc1C. The minimum absolute atomic E-state index is 1.15. The summed E-state index contributed by atoms with van der Waals surface area (Å²) in [5.74, 6) is 0. The Bertz CT molecular complexity index is 284. The van der Waals surface area contributed by atoms with Crippen molar-refractivity contribution in [2.24, 2.45) is 0 Å². The summed E-state index contributed by atoms with van der Waals surface area (Å²) in [5.41, 5.74) is 4.15. The zero-order chi connectivity index (χ0) is 13.7. The fraction of sp³-hybridized carbons (Fsp3) is 0.529. The highest BCUT2D eigenvalue weighted by molar-refractivity contribution is 5.24. The molecule has 1 rings (SSSR count). The van der Waals surface area contributed by atoms with E-state index in [1.807, 2.05) is 13.8 Å². The molecule has 0 atom stereocenters. The lowest BCUT2D eigenvalue weighted by Gasteiger charge is -1.98. The number of hydrogen-bond donors (Lipinski definition) is 0. The molecule has 0 radical (unpaired) electrons. The third-order valence-corrected chi connectivity index (χ3v) is 2.32. The van der Waals surface area contributed by atoms with Crippen molar-refractivity contribution in [2.45, 2.75) is 60.8 Å². The molecule has 0 heteroatoms. The first kappa shape index (κ1) is 18.3. The molecule has 0 spiro atoms. The molecular formula is C17H30. The van der Waals surface area contributed by atoms with Gasteiger partial charge in [-0.1, -0.05) is 64.0 Å². The zero-order valence-corrected chi connectivity index (χ0v) is 12.6. The van der Waals surface area contributed by atoms with Gasteiger partial charge in [-0.3, -0.25) is 0 Å². The standard InChI is InChI=1S/C9H12.C6H12.C2H6/c1-3-9-7-5-4-6-8(9)2;1-4-5-6(2)3;1-2/h4-7H,3H2,1-2H3;2,4-5H2,1,3H3;1-2H3. The number of rotatable bonds is 3. The molecule has 0 aliphatic carbocycles. The van der Waals surface area contributed by atoms with E-state index in [0.717, 1.165) is 6.42 Å². The van der Waals surface area contributed by atoms with E-state index in [1.165, 1.54) is 29.5 Å². The molecular weight excluding hydrogens is 204 g/mol. The maximum atomic E-state index is 3.74. The van der Waals surface area contributed by atoms with Crippen molar-refractivity contribution in [2.75, 3.05) is 0 Å². The Morgan fingerprint density at radius 2 is 1.65 bits per heavy atom. The monoisotopic (exact) mass is 234 g/mol. The first-order valence-corrected chi connectivity index (χ1v) is 6.80. The third kappa shape index (κ3) is 11.2. The molecule has 0 unspecified atom stereocenters. The van der Waals surface area contributed by atoms with Gasteiger partial charge < -0.3 is 0 Å². The van der Waals surface area contributed by atoms with E-state index in [-0.39, 0.29) is 0 Å². The largest absolute Gasteiger partial charge is 0.100 e. The summed E-state index contributed by atoms with van der Waals surface area (Å²) in [4.78, 5) is 0. The van der Waals surface area contributed by atoms with E-state index in [1.54, 1.807) is 0 Å². The molecule has 0 amide bonds. The Morgan fingerprint density at radius 3 is 1.88 bits per heavy atom. The molecule has 0 aliphatic rings. The van der Waals surface area contributed by atoms with E-state index in [9.17, 15) is 0 Å². The average molecular weight is 234 g/mol. The topological polar surface area (TPSA) is 0 Å². The van der Waals surface area contributed by atoms with Crippen LogP contribution in [0, 0.1) is 6.92 Å². The summed E-state index contributed by atoms with van der Waals surface area (Å²) >= 11 is 0. The van der Waals surface area contributed by atoms with Crippen LogP contribution in [-0.4, -0.2) is 0 Å². The van der Waals surface area contributed by atoms with Crippen LogP contribution in [0.2, 0.25) is 0 Å². The Kier molecular flexibility index (Phi) is 14.0. The Hall–Kier alpha value is -1.04. The van der Waals surface area contributed by atoms with Crippen LogP contribution in [0.25, 0.3) is 0 Å². The maximum absolute atomic E-state index is 3.74. The molecule has 0 saturated carbocycles. The molecule has 98 valence electrons. The van der Waals surface area contributed by atoms with Gasteiger partial charge in [-0.15, -0.1) is 6.58 Å². The Morgan fingerprint density at radius 1 is 1.12 bits per heavy atom. The van der Waals surface area contributed by atoms with Crippen LogP contribution >= 0.6 is 0 Å². The molecule has 0 fully saturated rings. The number of benzene rings is 1. The van der Waals surface area contributed by atoms with E-state index >= 15 is 0 Å². The molecule has 0 N–H and O–H groups in total. The Balaban J connectivity index is 0. The van der Waals surface area contributed by atoms with Gasteiger partial charge in [-0.05, 0) is 37.8 Å². The van der Waals surface area contributed by atoms with Gasteiger partial charge in [0, 0.05) is 0 Å². The highest BCUT2D eigenvalue weighted by Crippen LogP contribution is 2.06. The smallest absolute Gasteiger partial charge is 0.0305 e. The number of aryl methyl sites for hydroxylation is 2. The van der Waals surface area contributed by atoms with Gasteiger partial charge in [0.1, 0.15) is 0 Å². The van der Waals surface area contributed by atoms with Crippen molar-refractivity contribution >= 4 is 0 Å². The lowest BCUT2D eigenvalue weighted by molar-refractivity contribution is 0.910. The fourth-order valence-electron chi connectivity index (χ4n) is 1.43. The van der Waals surface area contributed by atoms with Crippen LogP contribution in [0.4, 0.5) is 0 Å². The number of allylic oxidation sites excluding steroid dienone is 1. The van der Waals surface area contributed by atoms with Gasteiger partial charge in [-0.2, -0.15) is 0 Å². The lowest BCUT2D eigenvalue weighted by atomic mass is 10.1. The van der Waals surface area contributed by atoms with Gasteiger partial charge in [-0.25, -0.2) is 0 Å². The van der Waals surface area contributed by atoms with Crippen molar-refractivity contribution in [3.05, 3.63) is 47.5 Å². The van der Waals surface area contributed by atoms with Crippen LogP contribution in [0.15, 0.2) is 36.4 Å². The van der Waals surface area contributed by atoms with Gasteiger partial charge in [0.05, 0.1) is 0 Å². The Labute approximate surface area is 109 Å². The normalized spacial score (nSPS) is 8.35. The van der Waals surface area contributed by atoms with Gasteiger partial charge in [0.2, 0.25) is 0 Å². The van der Waals surface area contributed by atoms with Crippen LogP contribution in [0.5, 0.6) is 0 Å². The van der Waals surface area contributed by atoms with Crippen molar-refractivity contribution < 1.29 is 0 Å². The van der Waals surface area contributed by atoms with Crippen LogP contribution in [-0.2, 0) is 6.42 Å². The predicted molar refractivity (Wildman–Crippen MR) is 81.6 cm³/mol. The lowest BCUT2D eigenvalue weighted by Crippen LogP contribution is -1.82. The molecule has 0 aliphatic heterocycles. The summed E-state index contributed by atoms with van der Waals surface area (Å²) in [5, 5.41) is 0. The average Bonchev–Trinajstić information content (AvgIpc) is 2.33. The van der Waals surface area contributed by atoms with Crippen LogP contribution in [0.3, 0.4) is 0 Å². The molecule has 1 aromatic rings. The van der Waals surface area contributed by atoms with E-state index < -0.39 is 0 Å². The van der Waals surface area contributed by atoms with Crippen LogP contribution < -0.4 is 0 Å². The summed E-state index contributed by atoms with van der Waals surface area (Å²) < 4.78 is 0. The minimum Gasteiger partial charge on any atom is -0.100 e. The van der Waals surface area contributed by atoms with Crippen molar-refractivity contribution in [3.8, 4) is 0 Å². The third-order valence-electron chi connectivity index (χ3n) is 2.32. The zero-order valence-electron chi connectivity index (χ0n) is 12.6.